The van der Waals surface area contributed by atoms with E-state index in [0.29, 0.717) is 6.61 Å². The van der Waals surface area contributed by atoms with Crippen molar-refractivity contribution in [2.75, 3.05) is 13.2 Å². The highest BCUT2D eigenvalue weighted by Crippen LogP contribution is 2.32. The number of rotatable bonds is 4. The van der Waals surface area contributed by atoms with Crippen LogP contribution in [0.15, 0.2) is 10.7 Å². The Morgan fingerprint density at radius 3 is 3.18 bits per heavy atom. The maximum absolute atomic E-state index is 10.5. The molecule has 0 spiro atoms. The van der Waals surface area contributed by atoms with Crippen LogP contribution in [0.4, 0.5) is 0 Å². The van der Waals surface area contributed by atoms with Gasteiger partial charge in [-0.2, -0.15) is 5.10 Å². The third-order valence-corrected chi connectivity index (χ3v) is 3.80. The molecule has 1 aliphatic heterocycles. The Morgan fingerprint density at radius 2 is 2.53 bits per heavy atom. The van der Waals surface area contributed by atoms with Crippen LogP contribution in [0.2, 0.25) is 0 Å². The van der Waals surface area contributed by atoms with Crippen molar-refractivity contribution in [2.45, 2.75) is 38.8 Å². The van der Waals surface area contributed by atoms with Crippen LogP contribution in [0.5, 0.6) is 0 Å². The van der Waals surface area contributed by atoms with Crippen LogP contribution < -0.4 is 0 Å². The molecule has 5 heteroatoms. The van der Waals surface area contributed by atoms with Gasteiger partial charge in [0.25, 0.3) is 0 Å². The first-order valence-electron chi connectivity index (χ1n) is 6.21. The van der Waals surface area contributed by atoms with Gasteiger partial charge in [0, 0.05) is 19.1 Å². The summed E-state index contributed by atoms with van der Waals surface area (Å²) in [6, 6.07) is 0. The Labute approximate surface area is 110 Å². The average molecular weight is 303 g/mol. The van der Waals surface area contributed by atoms with Gasteiger partial charge in [0.2, 0.25) is 0 Å². The first-order chi connectivity index (χ1) is 8.24. The van der Waals surface area contributed by atoms with Gasteiger partial charge in [-0.15, -0.1) is 0 Å². The van der Waals surface area contributed by atoms with Gasteiger partial charge in [0.15, 0.2) is 0 Å². The molecule has 0 radical (unpaired) electrons. The van der Waals surface area contributed by atoms with Gasteiger partial charge in [-0.1, -0.05) is 6.92 Å². The quantitative estimate of drug-likeness (QED) is 0.930. The molecule has 2 rings (SSSR count). The number of hydrogen-bond acceptors (Lipinski definition) is 3. The van der Waals surface area contributed by atoms with Crippen LogP contribution in [-0.2, 0) is 11.3 Å². The number of aryl methyl sites for hydroxylation is 1. The summed E-state index contributed by atoms with van der Waals surface area (Å²) >= 11 is 3.47. The lowest BCUT2D eigenvalue weighted by Crippen LogP contribution is -2.25. The third kappa shape index (κ3) is 2.89. The summed E-state index contributed by atoms with van der Waals surface area (Å²) in [6.07, 6.45) is 4.33. The second-order valence-corrected chi connectivity index (χ2v) is 5.38. The first kappa shape index (κ1) is 13.1. The van der Waals surface area contributed by atoms with E-state index in [0.717, 1.165) is 42.6 Å². The molecule has 0 aliphatic carbocycles. The van der Waals surface area contributed by atoms with Crippen molar-refractivity contribution in [3.8, 4) is 0 Å². The van der Waals surface area contributed by atoms with E-state index in [9.17, 15) is 5.11 Å². The fourth-order valence-electron chi connectivity index (χ4n) is 2.29. The highest BCUT2D eigenvalue weighted by atomic mass is 79.9. The lowest BCUT2D eigenvalue weighted by atomic mass is 9.94. The molecular weight excluding hydrogens is 284 g/mol. The summed E-state index contributed by atoms with van der Waals surface area (Å²) in [5.74, 6) is 0.187. The topological polar surface area (TPSA) is 47.3 Å². The highest BCUT2D eigenvalue weighted by molar-refractivity contribution is 9.10. The molecule has 2 heterocycles. The molecule has 0 bridgehead atoms. The van der Waals surface area contributed by atoms with E-state index in [4.69, 9.17) is 4.74 Å². The van der Waals surface area contributed by atoms with Crippen molar-refractivity contribution in [1.82, 2.24) is 9.78 Å². The number of ether oxygens (including phenoxy) is 1. The molecule has 2 unspecified atom stereocenters. The van der Waals surface area contributed by atoms with Gasteiger partial charge in [-0.05, 0) is 35.2 Å². The number of nitrogens with zero attached hydrogens (tertiary/aromatic N) is 2. The molecule has 17 heavy (non-hydrogen) atoms. The van der Waals surface area contributed by atoms with Gasteiger partial charge >= 0.3 is 0 Å². The summed E-state index contributed by atoms with van der Waals surface area (Å²) in [5.41, 5.74) is 0.891. The van der Waals surface area contributed by atoms with Crippen LogP contribution in [0.25, 0.3) is 0 Å². The standard InChI is InChI=1S/C12H19BrN2O2/c1-2-5-15-11(10(13)7-14-15)12(16)9-4-3-6-17-8-9/h7,9,12,16H,2-6,8H2,1H3. The number of aliphatic hydroxyl groups is 1. The normalized spacial score (nSPS) is 22.6. The average Bonchev–Trinajstić information content (AvgIpc) is 2.71. The van der Waals surface area contributed by atoms with E-state index in [1.54, 1.807) is 6.20 Å². The molecule has 0 saturated carbocycles. The smallest absolute Gasteiger partial charge is 0.102 e. The van der Waals surface area contributed by atoms with Gasteiger partial charge in [0.1, 0.15) is 6.10 Å². The largest absolute Gasteiger partial charge is 0.386 e. The fourth-order valence-corrected chi connectivity index (χ4v) is 2.82. The van der Waals surface area contributed by atoms with Crippen molar-refractivity contribution in [1.29, 1.82) is 0 Å². The summed E-state index contributed by atoms with van der Waals surface area (Å²) in [5, 5.41) is 14.7. The molecular formula is C12H19BrN2O2. The van der Waals surface area contributed by atoms with Gasteiger partial charge in [-0.25, -0.2) is 0 Å². The minimum atomic E-state index is -0.487. The van der Waals surface area contributed by atoms with Gasteiger partial charge in [0.05, 0.1) is 23.0 Å². The zero-order chi connectivity index (χ0) is 12.3. The molecule has 1 fully saturated rings. The number of halogens is 1. The summed E-state index contributed by atoms with van der Waals surface area (Å²) in [7, 11) is 0. The van der Waals surface area contributed by atoms with Crippen molar-refractivity contribution in [2.24, 2.45) is 5.92 Å². The summed E-state index contributed by atoms with van der Waals surface area (Å²) in [6.45, 7) is 4.41. The minimum Gasteiger partial charge on any atom is -0.386 e. The first-order valence-corrected chi connectivity index (χ1v) is 7.00. The van der Waals surface area contributed by atoms with Crippen molar-refractivity contribution < 1.29 is 9.84 Å². The van der Waals surface area contributed by atoms with Crippen LogP contribution in [-0.4, -0.2) is 28.1 Å². The van der Waals surface area contributed by atoms with Gasteiger partial charge < -0.3 is 9.84 Å². The Balaban J connectivity index is 2.16. The minimum absolute atomic E-state index is 0.187. The van der Waals surface area contributed by atoms with Crippen molar-refractivity contribution in [3.05, 3.63) is 16.4 Å². The lowest BCUT2D eigenvalue weighted by Gasteiger charge is -2.27. The molecule has 0 amide bonds. The monoisotopic (exact) mass is 302 g/mol. The number of aliphatic hydroxyl groups excluding tert-OH is 1. The highest BCUT2D eigenvalue weighted by Gasteiger charge is 2.28. The lowest BCUT2D eigenvalue weighted by molar-refractivity contribution is -0.0135. The summed E-state index contributed by atoms with van der Waals surface area (Å²) in [4.78, 5) is 0. The molecule has 1 aromatic heterocycles. The Morgan fingerprint density at radius 1 is 1.71 bits per heavy atom. The molecule has 1 aliphatic rings. The molecule has 1 saturated heterocycles. The number of hydrogen-bond donors (Lipinski definition) is 1. The maximum atomic E-state index is 10.5. The molecule has 96 valence electrons. The molecule has 0 aromatic carbocycles. The van der Waals surface area contributed by atoms with Crippen LogP contribution >= 0.6 is 15.9 Å². The molecule has 1 aromatic rings. The van der Waals surface area contributed by atoms with Crippen molar-refractivity contribution in [3.63, 3.8) is 0 Å². The molecule has 4 nitrogen and oxygen atoms in total. The zero-order valence-electron chi connectivity index (χ0n) is 10.1. The van der Waals surface area contributed by atoms with E-state index in [1.807, 2.05) is 4.68 Å². The second kappa shape index (κ2) is 5.98. The predicted molar refractivity (Wildman–Crippen MR) is 68.7 cm³/mol. The molecule has 1 N–H and O–H groups in total. The molecule has 2 atom stereocenters. The van der Waals surface area contributed by atoms with E-state index >= 15 is 0 Å². The van der Waals surface area contributed by atoms with Gasteiger partial charge in [-0.3, -0.25) is 4.68 Å². The SMILES string of the molecule is CCCn1ncc(Br)c1C(O)C1CCCOC1. The van der Waals surface area contributed by atoms with Crippen LogP contribution in [0.1, 0.15) is 38.0 Å². The van der Waals surface area contributed by atoms with E-state index in [-0.39, 0.29) is 5.92 Å². The Bertz CT molecular complexity index is 361. The van der Waals surface area contributed by atoms with Crippen LogP contribution in [0.3, 0.4) is 0 Å². The van der Waals surface area contributed by atoms with E-state index in [2.05, 4.69) is 28.0 Å². The Hall–Kier alpha value is -0.390. The predicted octanol–water partition coefficient (Wildman–Crippen LogP) is 2.52. The third-order valence-electron chi connectivity index (χ3n) is 3.19. The van der Waals surface area contributed by atoms with Crippen LogP contribution in [0, 0.1) is 5.92 Å². The second-order valence-electron chi connectivity index (χ2n) is 4.52. The zero-order valence-corrected chi connectivity index (χ0v) is 11.7. The maximum Gasteiger partial charge on any atom is 0.102 e. The fraction of sp³-hybridized carbons (Fsp3) is 0.750. The Kier molecular flexibility index (Phi) is 4.59. The van der Waals surface area contributed by atoms with E-state index < -0.39 is 6.10 Å². The summed E-state index contributed by atoms with van der Waals surface area (Å²) < 4.78 is 8.22. The number of aromatic nitrogens is 2. The van der Waals surface area contributed by atoms with Crippen molar-refractivity contribution >= 4 is 15.9 Å². The van der Waals surface area contributed by atoms with E-state index in [1.165, 1.54) is 0 Å².